The van der Waals surface area contributed by atoms with Gasteiger partial charge in [-0.3, -0.25) is 14.4 Å². The van der Waals surface area contributed by atoms with E-state index in [0.717, 1.165) is 42.5 Å². The van der Waals surface area contributed by atoms with E-state index >= 15 is 0 Å². The number of aromatic amines is 1. The predicted molar refractivity (Wildman–Crippen MR) is 145 cm³/mol. The van der Waals surface area contributed by atoms with Gasteiger partial charge in [0, 0.05) is 30.3 Å². The number of allylic oxidation sites excluding steroid dienone is 4. The number of unbranched alkanes of at least 4 members (excludes halogenated alkanes) is 2. The van der Waals surface area contributed by atoms with Crippen molar-refractivity contribution in [3.05, 3.63) is 69.9 Å². The lowest BCUT2D eigenvalue weighted by atomic mass is 9.70. The van der Waals surface area contributed by atoms with Gasteiger partial charge in [-0.25, -0.2) is 4.98 Å². The molecule has 0 spiro atoms. The number of aromatic hydroxyl groups is 2. The molecule has 0 unspecified atom stereocenters. The third kappa shape index (κ3) is 4.18. The highest BCUT2D eigenvalue weighted by Gasteiger charge is 2.56. The maximum Gasteiger partial charge on any atom is 0.194 e. The normalized spacial score (nSPS) is 19.4. The summed E-state index contributed by atoms with van der Waals surface area (Å²) in [6.45, 7) is 6.53. The number of para-hydroxylation sites is 2. The summed E-state index contributed by atoms with van der Waals surface area (Å²) in [6, 6.07) is 7.92. The molecule has 2 aliphatic rings. The molecule has 1 aliphatic carbocycles. The molecule has 0 bridgehead atoms. The number of carbonyl (C=O) groups excluding carboxylic acids is 3. The zero-order chi connectivity index (χ0) is 28.1. The predicted octanol–water partition coefficient (Wildman–Crippen LogP) is 4.45. The Balaban J connectivity index is 1.30. The molecular weight excluding hydrogens is 498 g/mol. The quantitative estimate of drug-likeness (QED) is 0.145. The number of ketones is 3. The van der Waals surface area contributed by atoms with Gasteiger partial charge in [-0.05, 0) is 52.7 Å². The first-order chi connectivity index (χ1) is 18.6. The van der Waals surface area contributed by atoms with Gasteiger partial charge in [-0.2, -0.15) is 0 Å². The number of phenolic OH excluding ortho intramolecular Hbond substituents is 2. The van der Waals surface area contributed by atoms with Crippen LogP contribution in [0, 0.1) is 6.92 Å². The number of fused-ring (bicyclic) bond motifs is 4. The summed E-state index contributed by atoms with van der Waals surface area (Å²) in [5.74, 6) is -1.39. The van der Waals surface area contributed by atoms with Crippen molar-refractivity contribution in [2.24, 2.45) is 0 Å². The fourth-order valence-electron chi connectivity index (χ4n) is 5.44. The Hall–Kier alpha value is -4.40. The number of phenols is 2. The standard InChI is InChI=1S/C30H31N3O6/c1-15-26(36)24(17(3)34)28-25(27(15)37)30(4)21(39-28)14-20(35)23(29(30)38)16(2)31-13-9-5-6-12-22-32-18-10-7-8-11-19(18)33-22/h7-8,10-11,14,31,36-37H,5-6,9,12-13H2,1-4H3,(H,32,33)/t30-/m0/s1. The minimum atomic E-state index is -1.51. The summed E-state index contributed by atoms with van der Waals surface area (Å²) in [4.78, 5) is 47.1. The summed E-state index contributed by atoms with van der Waals surface area (Å²) in [6.07, 6.45) is 4.76. The second kappa shape index (κ2) is 9.72. The molecule has 9 heteroatoms. The second-order valence-corrected chi connectivity index (χ2v) is 10.3. The van der Waals surface area contributed by atoms with Crippen LogP contribution in [-0.2, 0) is 21.4 Å². The van der Waals surface area contributed by atoms with Crippen molar-refractivity contribution in [2.75, 3.05) is 6.54 Å². The molecule has 0 saturated heterocycles. The Morgan fingerprint density at radius 3 is 2.56 bits per heavy atom. The smallest absolute Gasteiger partial charge is 0.194 e. The summed E-state index contributed by atoms with van der Waals surface area (Å²) >= 11 is 0. The molecule has 2 heterocycles. The van der Waals surface area contributed by atoms with Gasteiger partial charge in [0.05, 0.1) is 22.2 Å². The number of rotatable bonds is 8. The zero-order valence-electron chi connectivity index (χ0n) is 22.4. The number of carbonyl (C=O) groups is 3. The van der Waals surface area contributed by atoms with Crippen molar-refractivity contribution in [2.45, 2.75) is 58.8 Å². The molecule has 1 aromatic heterocycles. The average Bonchev–Trinajstić information content (AvgIpc) is 3.43. The van der Waals surface area contributed by atoms with Crippen LogP contribution < -0.4 is 10.1 Å². The van der Waals surface area contributed by atoms with Crippen molar-refractivity contribution in [1.82, 2.24) is 15.3 Å². The van der Waals surface area contributed by atoms with E-state index in [2.05, 4.69) is 15.3 Å². The van der Waals surface area contributed by atoms with Gasteiger partial charge in [0.1, 0.15) is 39.8 Å². The van der Waals surface area contributed by atoms with Crippen LogP contribution in [0.15, 0.2) is 47.4 Å². The molecule has 0 radical (unpaired) electrons. The van der Waals surface area contributed by atoms with Gasteiger partial charge < -0.3 is 25.3 Å². The molecular formula is C30H31N3O6. The molecule has 2 aromatic carbocycles. The Morgan fingerprint density at radius 1 is 1.10 bits per heavy atom. The molecule has 202 valence electrons. The number of imidazole rings is 1. The molecule has 4 N–H and O–H groups in total. The van der Waals surface area contributed by atoms with Gasteiger partial charge in [0.15, 0.2) is 17.3 Å². The van der Waals surface area contributed by atoms with E-state index in [-0.39, 0.29) is 39.5 Å². The minimum Gasteiger partial charge on any atom is -0.507 e. The van der Waals surface area contributed by atoms with E-state index in [0.29, 0.717) is 12.2 Å². The monoisotopic (exact) mass is 529 g/mol. The number of ether oxygens (including phenoxy) is 1. The lowest BCUT2D eigenvalue weighted by molar-refractivity contribution is -0.123. The van der Waals surface area contributed by atoms with Crippen molar-refractivity contribution in [1.29, 1.82) is 0 Å². The average molecular weight is 530 g/mol. The number of hydrogen-bond acceptors (Lipinski definition) is 8. The van der Waals surface area contributed by atoms with Crippen molar-refractivity contribution in [3.8, 4) is 17.2 Å². The highest BCUT2D eigenvalue weighted by atomic mass is 16.5. The summed E-state index contributed by atoms with van der Waals surface area (Å²) in [5.41, 5.74) is 0.916. The number of nitrogens with one attached hydrogen (secondary N) is 2. The number of aryl methyl sites for hydroxylation is 1. The SMILES string of the molecule is CC(=O)c1c(O)c(C)c(O)c2c1OC1=CC(=O)C(=C(C)NCCCCCc3nc4ccccc4[nH]3)C(=O)[C@@]12C. The molecule has 0 saturated carbocycles. The topological polar surface area (TPSA) is 142 Å². The first-order valence-corrected chi connectivity index (χ1v) is 13.0. The van der Waals surface area contributed by atoms with Gasteiger partial charge >= 0.3 is 0 Å². The van der Waals surface area contributed by atoms with Gasteiger partial charge in [0.25, 0.3) is 0 Å². The maximum atomic E-state index is 13.8. The van der Waals surface area contributed by atoms with E-state index in [1.165, 1.54) is 19.9 Å². The van der Waals surface area contributed by atoms with Crippen molar-refractivity contribution in [3.63, 3.8) is 0 Å². The van der Waals surface area contributed by atoms with Gasteiger partial charge in [0.2, 0.25) is 0 Å². The highest BCUT2D eigenvalue weighted by molar-refractivity contribution is 6.31. The minimum absolute atomic E-state index is 0.0190. The third-order valence-corrected chi connectivity index (χ3v) is 7.68. The number of benzene rings is 2. The highest BCUT2D eigenvalue weighted by Crippen LogP contribution is 2.57. The second-order valence-electron chi connectivity index (χ2n) is 10.3. The number of hydrogen-bond donors (Lipinski definition) is 4. The van der Waals surface area contributed by atoms with E-state index in [1.54, 1.807) is 13.8 Å². The van der Waals surface area contributed by atoms with Gasteiger partial charge in [-0.15, -0.1) is 0 Å². The molecule has 1 aliphatic heterocycles. The Kier molecular flexibility index (Phi) is 6.54. The van der Waals surface area contributed by atoms with Crippen LogP contribution in [0.2, 0.25) is 0 Å². The molecule has 0 fully saturated rings. The Morgan fingerprint density at radius 2 is 1.85 bits per heavy atom. The van der Waals surface area contributed by atoms with Crippen molar-refractivity contribution >= 4 is 28.4 Å². The number of Topliss-reactive ketones (excluding diaryl/α,β-unsaturated/α-hetero) is 2. The largest absolute Gasteiger partial charge is 0.507 e. The zero-order valence-corrected chi connectivity index (χ0v) is 22.4. The molecule has 5 rings (SSSR count). The molecule has 9 nitrogen and oxygen atoms in total. The molecule has 39 heavy (non-hydrogen) atoms. The summed E-state index contributed by atoms with van der Waals surface area (Å²) < 4.78 is 5.80. The Labute approximate surface area is 225 Å². The first-order valence-electron chi connectivity index (χ1n) is 13.0. The lowest BCUT2D eigenvalue weighted by Crippen LogP contribution is -2.41. The van der Waals surface area contributed by atoms with Crippen LogP contribution in [0.5, 0.6) is 17.2 Å². The molecule has 0 amide bonds. The number of H-pyrrole nitrogens is 1. The summed E-state index contributed by atoms with van der Waals surface area (Å²) in [7, 11) is 0. The molecule has 1 atom stereocenters. The first kappa shape index (κ1) is 26.2. The van der Waals surface area contributed by atoms with Crippen LogP contribution in [0.4, 0.5) is 0 Å². The fourth-order valence-corrected chi connectivity index (χ4v) is 5.44. The Bertz CT molecular complexity index is 1580. The van der Waals surface area contributed by atoms with E-state index < -0.39 is 28.5 Å². The number of aromatic nitrogens is 2. The lowest BCUT2D eigenvalue weighted by Gasteiger charge is -2.29. The van der Waals surface area contributed by atoms with E-state index in [4.69, 9.17) is 4.74 Å². The fraction of sp³-hybridized carbons (Fsp3) is 0.333. The maximum absolute atomic E-state index is 13.8. The van der Waals surface area contributed by atoms with E-state index in [9.17, 15) is 24.6 Å². The van der Waals surface area contributed by atoms with Crippen LogP contribution in [0.1, 0.15) is 67.3 Å². The van der Waals surface area contributed by atoms with Crippen LogP contribution in [0.3, 0.4) is 0 Å². The van der Waals surface area contributed by atoms with Crippen LogP contribution in [0.25, 0.3) is 11.0 Å². The van der Waals surface area contributed by atoms with Crippen LogP contribution >= 0.6 is 0 Å². The van der Waals surface area contributed by atoms with Crippen LogP contribution in [-0.4, -0.2) is 44.1 Å². The van der Waals surface area contributed by atoms with Crippen molar-refractivity contribution < 1.29 is 29.3 Å². The number of nitrogens with zero attached hydrogens (tertiary/aromatic N) is 1. The van der Waals surface area contributed by atoms with E-state index in [1.807, 2.05) is 24.3 Å². The van der Waals surface area contributed by atoms with Gasteiger partial charge in [-0.1, -0.05) is 18.6 Å². The summed E-state index contributed by atoms with van der Waals surface area (Å²) in [5, 5.41) is 24.6. The third-order valence-electron chi connectivity index (χ3n) is 7.68. The molecule has 3 aromatic rings.